The first-order valence-corrected chi connectivity index (χ1v) is 7.65. The molecule has 1 aromatic heterocycles. The SMILES string of the molecule is NC1CCCC(c2nc3ccc(F)cc3n2C2CC2)C1. The lowest BCUT2D eigenvalue weighted by molar-refractivity contribution is 0.374. The molecule has 2 aromatic rings. The first-order chi connectivity index (χ1) is 9.72. The molecule has 4 heteroatoms. The van der Waals surface area contributed by atoms with Crippen LogP contribution in [0.1, 0.15) is 56.3 Å². The fourth-order valence-corrected chi connectivity index (χ4v) is 3.55. The number of hydrogen-bond donors (Lipinski definition) is 1. The van der Waals surface area contributed by atoms with E-state index in [0.29, 0.717) is 12.0 Å². The van der Waals surface area contributed by atoms with Crippen molar-refractivity contribution in [2.24, 2.45) is 5.73 Å². The Balaban J connectivity index is 1.83. The fourth-order valence-electron chi connectivity index (χ4n) is 3.55. The molecule has 2 aliphatic rings. The van der Waals surface area contributed by atoms with Gasteiger partial charge in [0.15, 0.2) is 0 Å². The zero-order chi connectivity index (χ0) is 13.7. The van der Waals surface area contributed by atoms with Crippen LogP contribution in [0, 0.1) is 5.82 Å². The number of nitrogens with two attached hydrogens (primary N) is 1. The van der Waals surface area contributed by atoms with E-state index in [0.717, 1.165) is 36.1 Å². The van der Waals surface area contributed by atoms with Gasteiger partial charge in [-0.1, -0.05) is 6.42 Å². The van der Waals surface area contributed by atoms with Gasteiger partial charge in [-0.25, -0.2) is 9.37 Å². The van der Waals surface area contributed by atoms with E-state index in [1.807, 2.05) is 0 Å². The molecule has 2 unspecified atom stereocenters. The molecule has 2 fully saturated rings. The van der Waals surface area contributed by atoms with Crippen molar-refractivity contribution in [1.82, 2.24) is 9.55 Å². The molecular weight excluding hydrogens is 253 g/mol. The summed E-state index contributed by atoms with van der Waals surface area (Å²) in [7, 11) is 0. The molecule has 4 rings (SSSR count). The van der Waals surface area contributed by atoms with Gasteiger partial charge in [0, 0.05) is 18.0 Å². The lowest BCUT2D eigenvalue weighted by Crippen LogP contribution is -2.28. The van der Waals surface area contributed by atoms with Crippen LogP contribution >= 0.6 is 0 Å². The number of imidazole rings is 1. The highest BCUT2D eigenvalue weighted by atomic mass is 19.1. The standard InChI is InChI=1S/C16H20FN3/c17-11-4-7-14-15(9-11)20(13-5-6-13)16(19-14)10-2-1-3-12(18)8-10/h4,7,9-10,12-13H,1-3,5-6,8,18H2. The Morgan fingerprint density at radius 3 is 2.80 bits per heavy atom. The molecular formula is C16H20FN3. The molecule has 106 valence electrons. The van der Waals surface area contributed by atoms with Gasteiger partial charge in [0.1, 0.15) is 11.6 Å². The highest BCUT2D eigenvalue weighted by Crippen LogP contribution is 2.42. The number of benzene rings is 1. The summed E-state index contributed by atoms with van der Waals surface area (Å²) in [6, 6.07) is 5.75. The third-order valence-corrected chi connectivity index (χ3v) is 4.67. The van der Waals surface area contributed by atoms with E-state index >= 15 is 0 Å². The van der Waals surface area contributed by atoms with Gasteiger partial charge in [-0.3, -0.25) is 0 Å². The van der Waals surface area contributed by atoms with Crippen molar-refractivity contribution in [3.8, 4) is 0 Å². The Bertz CT molecular complexity index is 644. The molecule has 0 saturated heterocycles. The van der Waals surface area contributed by atoms with Crippen LogP contribution in [0.25, 0.3) is 11.0 Å². The van der Waals surface area contributed by atoms with Gasteiger partial charge in [0.25, 0.3) is 0 Å². The maximum absolute atomic E-state index is 13.6. The summed E-state index contributed by atoms with van der Waals surface area (Å²) >= 11 is 0. The van der Waals surface area contributed by atoms with Gasteiger partial charge in [0.2, 0.25) is 0 Å². The van der Waals surface area contributed by atoms with Crippen molar-refractivity contribution >= 4 is 11.0 Å². The molecule has 1 heterocycles. The fraction of sp³-hybridized carbons (Fsp3) is 0.562. The zero-order valence-corrected chi connectivity index (χ0v) is 11.6. The summed E-state index contributed by atoms with van der Waals surface area (Å²) in [4.78, 5) is 4.81. The van der Waals surface area contributed by atoms with Gasteiger partial charge in [0.05, 0.1) is 11.0 Å². The minimum Gasteiger partial charge on any atom is -0.328 e. The lowest BCUT2D eigenvalue weighted by atomic mass is 9.85. The first kappa shape index (κ1) is 12.3. The van der Waals surface area contributed by atoms with Crippen LogP contribution in [0.5, 0.6) is 0 Å². The van der Waals surface area contributed by atoms with Crippen LogP contribution in [-0.4, -0.2) is 15.6 Å². The summed E-state index contributed by atoms with van der Waals surface area (Å²) in [5.41, 5.74) is 8.01. The van der Waals surface area contributed by atoms with Crippen molar-refractivity contribution in [3.63, 3.8) is 0 Å². The largest absolute Gasteiger partial charge is 0.328 e. The zero-order valence-electron chi connectivity index (χ0n) is 11.6. The summed E-state index contributed by atoms with van der Waals surface area (Å²) in [5, 5.41) is 0. The van der Waals surface area contributed by atoms with Crippen LogP contribution < -0.4 is 5.73 Å². The molecule has 2 aliphatic carbocycles. The molecule has 0 spiro atoms. The van der Waals surface area contributed by atoms with Crippen LogP contribution in [0.4, 0.5) is 4.39 Å². The van der Waals surface area contributed by atoms with Gasteiger partial charge < -0.3 is 10.3 Å². The van der Waals surface area contributed by atoms with E-state index in [1.165, 1.54) is 25.3 Å². The van der Waals surface area contributed by atoms with Crippen molar-refractivity contribution in [3.05, 3.63) is 29.8 Å². The van der Waals surface area contributed by atoms with E-state index < -0.39 is 0 Å². The third kappa shape index (κ3) is 2.03. The average Bonchev–Trinajstić information content (AvgIpc) is 3.19. The molecule has 2 atom stereocenters. The maximum atomic E-state index is 13.6. The van der Waals surface area contributed by atoms with Crippen LogP contribution in [0.15, 0.2) is 18.2 Å². The smallest absolute Gasteiger partial charge is 0.125 e. The van der Waals surface area contributed by atoms with Crippen molar-refractivity contribution in [2.45, 2.75) is 56.5 Å². The van der Waals surface area contributed by atoms with E-state index in [-0.39, 0.29) is 11.9 Å². The number of rotatable bonds is 2. The average molecular weight is 273 g/mol. The second-order valence-corrected chi connectivity index (χ2v) is 6.33. The Hall–Kier alpha value is -1.42. The quantitative estimate of drug-likeness (QED) is 0.910. The molecule has 2 N–H and O–H groups in total. The summed E-state index contributed by atoms with van der Waals surface area (Å²) in [6.07, 6.45) is 6.84. The second-order valence-electron chi connectivity index (χ2n) is 6.33. The van der Waals surface area contributed by atoms with Gasteiger partial charge >= 0.3 is 0 Å². The van der Waals surface area contributed by atoms with E-state index in [2.05, 4.69) is 4.57 Å². The molecule has 0 radical (unpaired) electrons. The highest BCUT2D eigenvalue weighted by molar-refractivity contribution is 5.76. The Labute approximate surface area is 118 Å². The number of nitrogens with zero attached hydrogens (tertiary/aromatic N) is 2. The van der Waals surface area contributed by atoms with Crippen molar-refractivity contribution in [2.75, 3.05) is 0 Å². The van der Waals surface area contributed by atoms with E-state index in [9.17, 15) is 4.39 Å². The third-order valence-electron chi connectivity index (χ3n) is 4.67. The molecule has 0 aliphatic heterocycles. The van der Waals surface area contributed by atoms with Crippen LogP contribution in [0.3, 0.4) is 0 Å². The van der Waals surface area contributed by atoms with E-state index in [4.69, 9.17) is 10.7 Å². The monoisotopic (exact) mass is 273 g/mol. The maximum Gasteiger partial charge on any atom is 0.125 e. The van der Waals surface area contributed by atoms with Gasteiger partial charge in [-0.15, -0.1) is 0 Å². The number of halogens is 1. The van der Waals surface area contributed by atoms with Gasteiger partial charge in [-0.05, 0) is 50.3 Å². The number of fused-ring (bicyclic) bond motifs is 1. The summed E-state index contributed by atoms with van der Waals surface area (Å²) in [5.74, 6) is 1.41. The van der Waals surface area contributed by atoms with E-state index in [1.54, 1.807) is 12.1 Å². The second kappa shape index (κ2) is 4.55. The van der Waals surface area contributed by atoms with Gasteiger partial charge in [-0.2, -0.15) is 0 Å². The predicted octanol–water partition coefficient (Wildman–Crippen LogP) is 3.50. The van der Waals surface area contributed by atoms with Crippen molar-refractivity contribution < 1.29 is 4.39 Å². The Morgan fingerprint density at radius 2 is 2.05 bits per heavy atom. The van der Waals surface area contributed by atoms with Crippen LogP contribution in [0.2, 0.25) is 0 Å². The summed E-state index contributed by atoms with van der Waals surface area (Å²) in [6.45, 7) is 0. The first-order valence-electron chi connectivity index (χ1n) is 7.65. The molecule has 1 aromatic carbocycles. The minimum atomic E-state index is -0.175. The Kier molecular flexibility index (Phi) is 2.81. The summed E-state index contributed by atoms with van der Waals surface area (Å²) < 4.78 is 15.8. The number of hydrogen-bond acceptors (Lipinski definition) is 2. The van der Waals surface area contributed by atoms with Crippen molar-refractivity contribution in [1.29, 1.82) is 0 Å². The number of aromatic nitrogens is 2. The Morgan fingerprint density at radius 1 is 1.20 bits per heavy atom. The topological polar surface area (TPSA) is 43.8 Å². The molecule has 20 heavy (non-hydrogen) atoms. The predicted molar refractivity (Wildman–Crippen MR) is 77.1 cm³/mol. The molecule has 2 saturated carbocycles. The lowest BCUT2D eigenvalue weighted by Gasteiger charge is -2.26. The minimum absolute atomic E-state index is 0.175. The van der Waals surface area contributed by atoms with Crippen LogP contribution in [-0.2, 0) is 0 Å². The molecule has 0 bridgehead atoms. The molecule has 3 nitrogen and oxygen atoms in total. The normalized spacial score (nSPS) is 27.1. The highest BCUT2D eigenvalue weighted by Gasteiger charge is 2.32. The molecule has 0 amide bonds.